The number of amides is 1. The van der Waals surface area contributed by atoms with Crippen LogP contribution < -0.4 is 10.2 Å². The highest BCUT2D eigenvalue weighted by Crippen LogP contribution is 2.26. The molecule has 0 saturated carbocycles. The molecule has 0 spiro atoms. The number of benzene rings is 3. The highest BCUT2D eigenvalue weighted by molar-refractivity contribution is 6.31. The molecule has 0 fully saturated rings. The first-order valence-corrected chi connectivity index (χ1v) is 10.4. The summed E-state index contributed by atoms with van der Waals surface area (Å²) >= 11 is 6.05. The van der Waals surface area contributed by atoms with Crippen molar-refractivity contribution < 1.29 is 19.1 Å². The van der Waals surface area contributed by atoms with E-state index in [1.54, 1.807) is 25.1 Å². The number of carbonyl (C=O) groups is 2. The summed E-state index contributed by atoms with van der Waals surface area (Å²) < 4.78 is 10.8. The number of aromatic amines is 1. The molecule has 4 rings (SSSR count). The van der Waals surface area contributed by atoms with Gasteiger partial charge in [0.2, 0.25) is 0 Å². The summed E-state index contributed by atoms with van der Waals surface area (Å²) in [6, 6.07) is 18.6. The normalized spacial score (nSPS) is 11.2. The van der Waals surface area contributed by atoms with Gasteiger partial charge in [-0.3, -0.25) is 4.79 Å². The van der Waals surface area contributed by atoms with Crippen molar-refractivity contribution in [3.05, 3.63) is 76.9 Å². The highest BCUT2D eigenvalue weighted by Gasteiger charge is 2.18. The zero-order valence-electron chi connectivity index (χ0n) is 17.2. The summed E-state index contributed by atoms with van der Waals surface area (Å²) in [6.07, 6.45) is 1.40. The third-order valence-electron chi connectivity index (χ3n) is 4.77. The van der Waals surface area contributed by atoms with E-state index in [4.69, 9.17) is 21.1 Å². The van der Waals surface area contributed by atoms with Crippen LogP contribution in [-0.4, -0.2) is 36.3 Å². The van der Waals surface area contributed by atoms with Crippen LogP contribution >= 0.6 is 11.6 Å². The van der Waals surface area contributed by atoms with E-state index >= 15 is 0 Å². The number of carbonyl (C=O) groups excluding carboxylic acids is 2. The number of halogens is 1. The maximum absolute atomic E-state index is 12.3. The van der Waals surface area contributed by atoms with Crippen LogP contribution in [0.4, 0.5) is 0 Å². The Labute approximate surface area is 189 Å². The Morgan fingerprint density at radius 2 is 1.91 bits per heavy atom. The monoisotopic (exact) mass is 449 g/mol. The van der Waals surface area contributed by atoms with E-state index in [-0.39, 0.29) is 18.9 Å². The number of H-pyrrole nitrogens is 1. The molecular formula is C24H20ClN3O4. The number of esters is 1. The molecule has 8 heteroatoms. The summed E-state index contributed by atoms with van der Waals surface area (Å²) in [5.74, 6) is -0.345. The van der Waals surface area contributed by atoms with Gasteiger partial charge in [-0.25, -0.2) is 10.2 Å². The minimum absolute atomic E-state index is 0.209. The number of fused-ring (bicyclic) bond motifs is 2. The summed E-state index contributed by atoms with van der Waals surface area (Å²) in [4.78, 5) is 27.6. The molecule has 32 heavy (non-hydrogen) atoms. The topological polar surface area (TPSA) is 92.8 Å². The summed E-state index contributed by atoms with van der Waals surface area (Å²) in [7, 11) is 0. The zero-order chi connectivity index (χ0) is 22.5. The smallest absolute Gasteiger partial charge is 0.355 e. The van der Waals surface area contributed by atoms with Crippen LogP contribution in [0, 0.1) is 0 Å². The van der Waals surface area contributed by atoms with Gasteiger partial charge in [0.05, 0.1) is 12.8 Å². The first-order valence-electron chi connectivity index (χ1n) is 9.97. The van der Waals surface area contributed by atoms with E-state index < -0.39 is 11.9 Å². The van der Waals surface area contributed by atoms with Gasteiger partial charge in [0.25, 0.3) is 5.91 Å². The molecule has 0 aliphatic heterocycles. The predicted molar refractivity (Wildman–Crippen MR) is 124 cm³/mol. The maximum Gasteiger partial charge on any atom is 0.355 e. The van der Waals surface area contributed by atoms with Crippen molar-refractivity contribution in [1.29, 1.82) is 0 Å². The second kappa shape index (κ2) is 9.53. The Morgan fingerprint density at radius 3 is 2.75 bits per heavy atom. The molecule has 0 bridgehead atoms. The first kappa shape index (κ1) is 21.4. The lowest BCUT2D eigenvalue weighted by atomic mass is 10.1. The van der Waals surface area contributed by atoms with E-state index in [1.165, 1.54) is 6.21 Å². The van der Waals surface area contributed by atoms with Gasteiger partial charge in [-0.1, -0.05) is 54.1 Å². The number of nitrogens with zero attached hydrogens (tertiary/aromatic N) is 1. The molecule has 162 valence electrons. The van der Waals surface area contributed by atoms with E-state index in [0.29, 0.717) is 21.9 Å². The third-order valence-corrected chi connectivity index (χ3v) is 5.01. The van der Waals surface area contributed by atoms with Gasteiger partial charge in [0, 0.05) is 26.9 Å². The van der Waals surface area contributed by atoms with Crippen molar-refractivity contribution >= 4 is 51.4 Å². The molecule has 1 heterocycles. The molecule has 1 aromatic heterocycles. The zero-order valence-corrected chi connectivity index (χ0v) is 18.0. The Bertz CT molecular complexity index is 1320. The van der Waals surface area contributed by atoms with Crippen LogP contribution in [0.2, 0.25) is 5.02 Å². The van der Waals surface area contributed by atoms with Crippen molar-refractivity contribution in [2.24, 2.45) is 5.10 Å². The Hall–Kier alpha value is -3.84. The average Bonchev–Trinajstić information content (AvgIpc) is 3.15. The van der Waals surface area contributed by atoms with Gasteiger partial charge < -0.3 is 14.5 Å². The van der Waals surface area contributed by atoms with Crippen LogP contribution in [0.15, 0.2) is 65.8 Å². The van der Waals surface area contributed by atoms with Gasteiger partial charge in [0.1, 0.15) is 11.4 Å². The molecule has 0 aliphatic carbocycles. The molecule has 0 saturated heterocycles. The molecule has 0 unspecified atom stereocenters. The lowest BCUT2D eigenvalue weighted by Gasteiger charge is -2.08. The fraction of sp³-hybridized carbons (Fsp3) is 0.125. The van der Waals surface area contributed by atoms with E-state index in [1.807, 2.05) is 42.5 Å². The van der Waals surface area contributed by atoms with Gasteiger partial charge in [0.15, 0.2) is 6.61 Å². The van der Waals surface area contributed by atoms with Crippen LogP contribution in [0.25, 0.3) is 21.7 Å². The maximum atomic E-state index is 12.3. The first-order chi connectivity index (χ1) is 15.6. The van der Waals surface area contributed by atoms with Crippen molar-refractivity contribution in [1.82, 2.24) is 10.4 Å². The number of hydrazone groups is 1. The fourth-order valence-electron chi connectivity index (χ4n) is 3.36. The average molecular weight is 450 g/mol. The minimum Gasteiger partial charge on any atom is -0.483 e. The lowest BCUT2D eigenvalue weighted by Crippen LogP contribution is -2.24. The van der Waals surface area contributed by atoms with Crippen molar-refractivity contribution in [3.8, 4) is 5.75 Å². The Balaban J connectivity index is 1.48. The Morgan fingerprint density at radius 1 is 1.09 bits per heavy atom. The van der Waals surface area contributed by atoms with Crippen LogP contribution in [0.1, 0.15) is 23.0 Å². The molecule has 0 aliphatic rings. The van der Waals surface area contributed by atoms with E-state index in [2.05, 4.69) is 15.5 Å². The van der Waals surface area contributed by atoms with Crippen LogP contribution in [-0.2, 0) is 9.53 Å². The predicted octanol–water partition coefficient (Wildman–Crippen LogP) is 4.68. The molecule has 4 aromatic rings. The molecule has 0 radical (unpaired) electrons. The van der Waals surface area contributed by atoms with Crippen molar-refractivity contribution in [3.63, 3.8) is 0 Å². The molecule has 3 aromatic carbocycles. The summed E-state index contributed by atoms with van der Waals surface area (Å²) in [5, 5.41) is 7.19. The number of nitrogens with one attached hydrogen (secondary N) is 2. The SMILES string of the molecule is CCOC(=O)c1[nH]c2cc(Cl)ccc2c1/C=N/NC(=O)COc1cccc2ccccc12. The van der Waals surface area contributed by atoms with E-state index in [9.17, 15) is 9.59 Å². The molecule has 1 amide bonds. The number of ether oxygens (including phenoxy) is 2. The molecule has 7 nitrogen and oxygen atoms in total. The van der Waals surface area contributed by atoms with Gasteiger partial charge in [-0.2, -0.15) is 5.10 Å². The second-order valence-corrected chi connectivity index (χ2v) is 7.32. The van der Waals surface area contributed by atoms with Crippen LogP contribution in [0.3, 0.4) is 0 Å². The van der Waals surface area contributed by atoms with Crippen LogP contribution in [0.5, 0.6) is 5.75 Å². The number of hydrogen-bond acceptors (Lipinski definition) is 5. The Kier molecular flexibility index (Phi) is 6.37. The molecular weight excluding hydrogens is 430 g/mol. The lowest BCUT2D eigenvalue weighted by molar-refractivity contribution is -0.123. The molecule has 0 atom stereocenters. The third kappa shape index (κ3) is 4.58. The number of hydrogen-bond donors (Lipinski definition) is 2. The highest BCUT2D eigenvalue weighted by atomic mass is 35.5. The van der Waals surface area contributed by atoms with Gasteiger partial charge >= 0.3 is 5.97 Å². The van der Waals surface area contributed by atoms with Crippen molar-refractivity contribution in [2.75, 3.05) is 13.2 Å². The van der Waals surface area contributed by atoms with E-state index in [0.717, 1.165) is 16.2 Å². The second-order valence-electron chi connectivity index (χ2n) is 6.88. The van der Waals surface area contributed by atoms with Crippen molar-refractivity contribution in [2.45, 2.75) is 6.92 Å². The van der Waals surface area contributed by atoms with Gasteiger partial charge in [-0.15, -0.1) is 0 Å². The number of rotatable bonds is 7. The summed E-state index contributed by atoms with van der Waals surface area (Å²) in [5.41, 5.74) is 3.81. The number of aromatic nitrogens is 1. The van der Waals surface area contributed by atoms with Gasteiger partial charge in [-0.05, 0) is 30.5 Å². The minimum atomic E-state index is -0.521. The summed E-state index contributed by atoms with van der Waals surface area (Å²) in [6.45, 7) is 1.74. The molecule has 2 N–H and O–H groups in total. The fourth-order valence-corrected chi connectivity index (χ4v) is 3.53. The largest absolute Gasteiger partial charge is 0.483 e. The standard InChI is InChI=1S/C24H20ClN3O4/c1-2-31-24(30)23-19(18-11-10-16(25)12-20(18)27-23)13-26-28-22(29)14-32-21-9-5-7-15-6-3-4-8-17(15)21/h3-13,27H,2,14H2,1H3,(H,28,29)/b26-13+. The quantitative estimate of drug-likeness (QED) is 0.243.